The molecule has 0 fully saturated rings. The molecule has 4 nitrogen and oxygen atoms in total. The van der Waals surface area contributed by atoms with Crippen molar-refractivity contribution in [2.45, 2.75) is 13.1 Å². The minimum absolute atomic E-state index is 0.102. The maximum atomic E-state index is 13.7. The minimum Gasteiger partial charge on any atom is -0.316 e. The number of nitrogens with zero attached hydrogens (tertiary/aromatic N) is 2. The molecule has 0 spiro atoms. The zero-order valence-corrected chi connectivity index (χ0v) is 12.7. The summed E-state index contributed by atoms with van der Waals surface area (Å²) >= 11 is 0. The first kappa shape index (κ1) is 16.9. The molecule has 2 aromatic heterocycles. The van der Waals surface area contributed by atoms with Gasteiger partial charge in [-0.25, -0.2) is 13.8 Å². The Kier molecular flexibility index (Phi) is 3.94. The predicted molar refractivity (Wildman–Crippen MR) is 79.2 cm³/mol. The normalized spacial score (nSPS) is 11.8. The molecule has 1 amide bonds. The Morgan fingerprint density at radius 3 is 2.36 bits per heavy atom. The molecule has 0 atom stereocenters. The fourth-order valence-electron chi connectivity index (χ4n) is 2.39. The van der Waals surface area contributed by atoms with Crippen molar-refractivity contribution in [3.63, 3.8) is 0 Å². The van der Waals surface area contributed by atoms with Crippen LogP contribution in [0, 0.1) is 18.6 Å². The Labute approximate surface area is 137 Å². The van der Waals surface area contributed by atoms with Crippen molar-refractivity contribution in [1.29, 1.82) is 0 Å². The number of nitrogens with one attached hydrogen (secondary N) is 1. The van der Waals surface area contributed by atoms with E-state index in [4.69, 9.17) is 0 Å². The Hall–Kier alpha value is -2.97. The van der Waals surface area contributed by atoms with Crippen LogP contribution in [0.2, 0.25) is 0 Å². The summed E-state index contributed by atoms with van der Waals surface area (Å²) in [6.07, 6.45) is -3.90. The van der Waals surface area contributed by atoms with Crippen LogP contribution < -0.4 is 5.32 Å². The minimum atomic E-state index is -4.61. The maximum absolute atomic E-state index is 13.7. The number of para-hydroxylation sites is 1. The van der Waals surface area contributed by atoms with E-state index in [1.807, 2.05) is 5.32 Å². The van der Waals surface area contributed by atoms with Crippen molar-refractivity contribution in [3.05, 3.63) is 65.1 Å². The van der Waals surface area contributed by atoms with Crippen LogP contribution in [0.4, 0.5) is 27.6 Å². The summed E-state index contributed by atoms with van der Waals surface area (Å²) in [6.45, 7) is 1.41. The first-order valence-electron chi connectivity index (χ1n) is 7.00. The number of hydrogen-bond donors (Lipinski definition) is 1. The number of aromatic nitrogens is 2. The van der Waals surface area contributed by atoms with Gasteiger partial charge in [0.1, 0.15) is 28.7 Å². The highest BCUT2D eigenvalue weighted by molar-refractivity contribution is 6.04. The molecular formula is C16H10F5N3O. The van der Waals surface area contributed by atoms with E-state index in [-0.39, 0.29) is 17.0 Å². The van der Waals surface area contributed by atoms with Gasteiger partial charge in [-0.1, -0.05) is 6.07 Å². The second-order valence-corrected chi connectivity index (χ2v) is 5.24. The van der Waals surface area contributed by atoms with Gasteiger partial charge in [0.2, 0.25) is 0 Å². The number of carbonyl (C=O) groups excluding carboxylic acids is 1. The van der Waals surface area contributed by atoms with Crippen LogP contribution in [0.1, 0.15) is 21.7 Å². The van der Waals surface area contributed by atoms with Gasteiger partial charge in [-0.2, -0.15) is 13.2 Å². The van der Waals surface area contributed by atoms with Gasteiger partial charge < -0.3 is 5.32 Å². The number of benzene rings is 1. The summed E-state index contributed by atoms with van der Waals surface area (Å²) in [5.74, 6) is -2.99. The standard InChI is InChI=1S/C16H10F5N3O/c1-8-14(15(25)23-13-10(17)3-2-4-11(13)18)24-7-9(16(19,20)21)5-6-12(24)22-8/h2-7H,1H3,(H,23,25). The molecule has 1 N–H and O–H groups in total. The molecule has 0 unspecified atom stereocenters. The van der Waals surface area contributed by atoms with E-state index in [0.717, 1.165) is 34.7 Å². The highest BCUT2D eigenvalue weighted by Gasteiger charge is 2.31. The summed E-state index contributed by atoms with van der Waals surface area (Å²) in [4.78, 5) is 16.4. The van der Waals surface area contributed by atoms with Gasteiger partial charge in [0.05, 0.1) is 11.3 Å². The number of carbonyl (C=O) groups is 1. The van der Waals surface area contributed by atoms with Crippen LogP contribution in [-0.2, 0) is 6.18 Å². The molecule has 0 aliphatic carbocycles. The topological polar surface area (TPSA) is 46.4 Å². The molecule has 0 aliphatic rings. The van der Waals surface area contributed by atoms with E-state index < -0.39 is 35.0 Å². The van der Waals surface area contributed by atoms with Crippen LogP contribution in [0.5, 0.6) is 0 Å². The first-order valence-corrected chi connectivity index (χ1v) is 7.00. The van der Waals surface area contributed by atoms with Gasteiger partial charge in [-0.3, -0.25) is 9.20 Å². The van der Waals surface area contributed by atoms with Crippen molar-refractivity contribution in [2.24, 2.45) is 0 Å². The number of pyridine rings is 1. The van der Waals surface area contributed by atoms with Crippen LogP contribution >= 0.6 is 0 Å². The van der Waals surface area contributed by atoms with Crippen LogP contribution in [-0.4, -0.2) is 15.3 Å². The number of amides is 1. The van der Waals surface area contributed by atoms with E-state index >= 15 is 0 Å². The molecule has 0 saturated carbocycles. The number of aryl methyl sites for hydroxylation is 1. The second kappa shape index (κ2) is 5.83. The van der Waals surface area contributed by atoms with Crippen molar-refractivity contribution in [3.8, 4) is 0 Å². The van der Waals surface area contributed by atoms with Crippen molar-refractivity contribution in [2.75, 3.05) is 5.32 Å². The summed E-state index contributed by atoms with van der Waals surface area (Å²) in [7, 11) is 0. The van der Waals surface area contributed by atoms with Crippen LogP contribution in [0.3, 0.4) is 0 Å². The maximum Gasteiger partial charge on any atom is 0.417 e. The molecule has 0 saturated heterocycles. The summed E-state index contributed by atoms with van der Waals surface area (Å²) in [6, 6.07) is 4.95. The molecule has 0 aliphatic heterocycles. The van der Waals surface area contributed by atoms with Gasteiger partial charge in [-0.05, 0) is 31.2 Å². The zero-order chi connectivity index (χ0) is 18.4. The third-order valence-corrected chi connectivity index (χ3v) is 3.54. The number of fused-ring (bicyclic) bond motifs is 1. The Morgan fingerprint density at radius 1 is 1.12 bits per heavy atom. The van der Waals surface area contributed by atoms with Gasteiger partial charge in [-0.15, -0.1) is 0 Å². The summed E-state index contributed by atoms with van der Waals surface area (Å²) < 4.78 is 66.9. The molecule has 3 rings (SSSR count). The van der Waals surface area contributed by atoms with E-state index in [2.05, 4.69) is 4.98 Å². The average Bonchev–Trinajstić information content (AvgIpc) is 2.85. The highest BCUT2D eigenvalue weighted by Crippen LogP contribution is 2.30. The lowest BCUT2D eigenvalue weighted by molar-refractivity contribution is -0.137. The number of imidazole rings is 1. The van der Waals surface area contributed by atoms with E-state index in [0.29, 0.717) is 6.20 Å². The van der Waals surface area contributed by atoms with E-state index in [1.165, 1.54) is 6.92 Å². The number of halogens is 5. The van der Waals surface area contributed by atoms with E-state index in [9.17, 15) is 26.7 Å². The fourth-order valence-corrected chi connectivity index (χ4v) is 2.39. The third kappa shape index (κ3) is 3.04. The molecule has 0 radical (unpaired) electrons. The molecule has 130 valence electrons. The van der Waals surface area contributed by atoms with Gasteiger partial charge in [0, 0.05) is 6.20 Å². The Bertz CT molecular complexity index is 958. The van der Waals surface area contributed by atoms with Gasteiger partial charge >= 0.3 is 6.18 Å². The molecule has 9 heteroatoms. The number of hydrogen-bond acceptors (Lipinski definition) is 2. The summed E-state index contributed by atoms with van der Waals surface area (Å²) in [5.41, 5.74) is -1.70. The highest BCUT2D eigenvalue weighted by atomic mass is 19.4. The summed E-state index contributed by atoms with van der Waals surface area (Å²) in [5, 5.41) is 2.04. The number of rotatable bonds is 2. The van der Waals surface area contributed by atoms with Crippen molar-refractivity contribution < 1.29 is 26.7 Å². The van der Waals surface area contributed by atoms with E-state index in [1.54, 1.807) is 0 Å². The van der Waals surface area contributed by atoms with Gasteiger partial charge in [0.15, 0.2) is 0 Å². The quantitative estimate of drug-likeness (QED) is 0.701. The Balaban J connectivity index is 2.08. The number of anilines is 1. The SMILES string of the molecule is Cc1nc2ccc(C(F)(F)F)cn2c1C(=O)Nc1c(F)cccc1F. The second-order valence-electron chi connectivity index (χ2n) is 5.24. The Morgan fingerprint density at radius 2 is 1.76 bits per heavy atom. The molecule has 3 aromatic rings. The lowest BCUT2D eigenvalue weighted by Gasteiger charge is -2.10. The predicted octanol–water partition coefficient (Wildman–Crippen LogP) is 4.19. The van der Waals surface area contributed by atoms with Gasteiger partial charge in [0.25, 0.3) is 5.91 Å². The first-order chi connectivity index (χ1) is 11.7. The number of alkyl halides is 3. The largest absolute Gasteiger partial charge is 0.417 e. The lowest BCUT2D eigenvalue weighted by atomic mass is 10.2. The molecular weight excluding hydrogens is 345 g/mol. The van der Waals surface area contributed by atoms with Crippen LogP contribution in [0.15, 0.2) is 36.5 Å². The third-order valence-electron chi connectivity index (χ3n) is 3.54. The lowest BCUT2D eigenvalue weighted by Crippen LogP contribution is -2.18. The fraction of sp³-hybridized carbons (Fsp3) is 0.125. The molecule has 2 heterocycles. The van der Waals surface area contributed by atoms with Crippen molar-refractivity contribution >= 4 is 17.2 Å². The average molecular weight is 355 g/mol. The molecule has 25 heavy (non-hydrogen) atoms. The zero-order valence-electron chi connectivity index (χ0n) is 12.7. The van der Waals surface area contributed by atoms with Crippen molar-refractivity contribution in [1.82, 2.24) is 9.38 Å². The van der Waals surface area contributed by atoms with Crippen LogP contribution in [0.25, 0.3) is 5.65 Å². The molecule has 1 aromatic carbocycles. The molecule has 0 bridgehead atoms. The smallest absolute Gasteiger partial charge is 0.316 e. The monoisotopic (exact) mass is 355 g/mol.